The molecular weight excluding hydrogens is 280 g/mol. The second-order valence-corrected chi connectivity index (χ2v) is 5.12. The average molecular weight is 302 g/mol. The van der Waals surface area contributed by atoms with Gasteiger partial charge in [-0.15, -0.1) is 5.69 Å². The van der Waals surface area contributed by atoms with Crippen LogP contribution in [0.25, 0.3) is 0 Å². The summed E-state index contributed by atoms with van der Waals surface area (Å²) in [5.41, 5.74) is 5.53. The summed E-state index contributed by atoms with van der Waals surface area (Å²) in [6.45, 7) is 8.83. The van der Waals surface area contributed by atoms with Gasteiger partial charge >= 0.3 is 0 Å². The maximum atomic E-state index is 5.90. The highest BCUT2D eigenvalue weighted by atomic mass is 32.1. The number of hydrogen-bond acceptors (Lipinski definition) is 3. The Labute approximate surface area is 131 Å². The Hall–Kier alpha value is -1.92. The Balaban J connectivity index is 2.77. The van der Waals surface area contributed by atoms with Gasteiger partial charge in [0.25, 0.3) is 0 Å². The minimum Gasteiger partial charge on any atom is -0.458 e. The van der Waals surface area contributed by atoms with Crippen molar-refractivity contribution in [2.75, 3.05) is 6.54 Å². The van der Waals surface area contributed by atoms with Crippen molar-refractivity contribution in [1.29, 1.82) is 0 Å². The van der Waals surface area contributed by atoms with Gasteiger partial charge in [-0.25, -0.2) is 0 Å². The van der Waals surface area contributed by atoms with Crippen LogP contribution in [0.1, 0.15) is 26.7 Å². The van der Waals surface area contributed by atoms with Crippen molar-refractivity contribution < 1.29 is 4.74 Å². The minimum atomic E-state index is -0.172. The summed E-state index contributed by atoms with van der Waals surface area (Å²) in [6, 6.07) is 11.1. The van der Waals surface area contributed by atoms with E-state index in [-0.39, 0.29) is 6.17 Å². The Morgan fingerprint density at radius 1 is 1.57 bits per heavy atom. The van der Waals surface area contributed by atoms with Crippen molar-refractivity contribution in [3.8, 4) is 11.4 Å². The standard InChI is InChI=1S/C17H22N2OS/c1-5-7-13-18-17(19-14(3)21-4)16(6-2)20-15-11-9-8-10-12-15/h4,6,9,11-12,17-19H,3,5,7,13H2,1-2H3/b16-6+. The van der Waals surface area contributed by atoms with Crippen LogP contribution in [0.2, 0.25) is 0 Å². The Morgan fingerprint density at radius 2 is 2.38 bits per heavy atom. The lowest BCUT2D eigenvalue weighted by molar-refractivity contribution is 0.336. The SMILES string of the molecule is C#SC(=C)NC(NCCCC)/C(=C\C)Oc1cc#ccc1. The van der Waals surface area contributed by atoms with Crippen molar-refractivity contribution in [2.45, 2.75) is 32.9 Å². The smallest absolute Gasteiger partial charge is 0.137 e. The second kappa shape index (κ2) is 9.90. The molecule has 0 radical (unpaired) electrons. The van der Waals surface area contributed by atoms with E-state index in [1.165, 1.54) is 0 Å². The highest BCUT2D eigenvalue weighted by molar-refractivity contribution is 7.92. The maximum Gasteiger partial charge on any atom is 0.137 e. The van der Waals surface area contributed by atoms with Gasteiger partial charge in [0.1, 0.15) is 17.7 Å². The predicted octanol–water partition coefficient (Wildman–Crippen LogP) is 3.67. The van der Waals surface area contributed by atoms with E-state index in [9.17, 15) is 0 Å². The molecule has 21 heavy (non-hydrogen) atoms. The van der Waals surface area contributed by atoms with E-state index in [1.54, 1.807) is 12.1 Å². The van der Waals surface area contributed by atoms with Crippen molar-refractivity contribution >= 4 is 11.2 Å². The van der Waals surface area contributed by atoms with Gasteiger partial charge in [0.2, 0.25) is 0 Å². The van der Waals surface area contributed by atoms with Gasteiger partial charge in [0.05, 0.1) is 5.03 Å². The number of unbranched alkanes of at least 4 members (excludes halogenated alkanes) is 1. The highest BCUT2D eigenvalue weighted by Gasteiger charge is 2.15. The molecule has 3 nitrogen and oxygen atoms in total. The molecule has 2 N–H and O–H groups in total. The average Bonchev–Trinajstić information content (AvgIpc) is 2.52. The van der Waals surface area contributed by atoms with Crippen LogP contribution in [0.4, 0.5) is 0 Å². The first-order chi connectivity index (χ1) is 10.2. The van der Waals surface area contributed by atoms with Gasteiger partial charge in [-0.05, 0) is 38.1 Å². The fourth-order valence-electron chi connectivity index (χ4n) is 1.66. The molecule has 0 aliphatic carbocycles. The van der Waals surface area contributed by atoms with Crippen molar-refractivity contribution in [2.24, 2.45) is 0 Å². The van der Waals surface area contributed by atoms with Gasteiger partial charge < -0.3 is 10.1 Å². The van der Waals surface area contributed by atoms with Crippen LogP contribution >= 0.6 is 11.2 Å². The molecule has 0 aromatic heterocycles. The van der Waals surface area contributed by atoms with E-state index in [4.69, 9.17) is 10.4 Å². The van der Waals surface area contributed by atoms with Crippen LogP contribution in [0.15, 0.2) is 41.6 Å². The van der Waals surface area contributed by atoms with Crippen molar-refractivity contribution in [3.05, 3.63) is 53.8 Å². The van der Waals surface area contributed by atoms with Crippen LogP contribution < -0.4 is 15.4 Å². The molecule has 112 valence electrons. The van der Waals surface area contributed by atoms with Gasteiger partial charge in [-0.3, -0.25) is 5.32 Å². The van der Waals surface area contributed by atoms with E-state index in [2.05, 4.69) is 36.3 Å². The summed E-state index contributed by atoms with van der Waals surface area (Å²) >= 11 is 1.09. The van der Waals surface area contributed by atoms with Crippen LogP contribution in [0, 0.1) is 17.8 Å². The number of hydrogen-bond donors (Lipinski definition) is 2. The third-order valence-electron chi connectivity index (χ3n) is 2.76. The summed E-state index contributed by atoms with van der Waals surface area (Å²) in [4.78, 5) is 0. The van der Waals surface area contributed by atoms with Gasteiger partial charge in [0.15, 0.2) is 0 Å². The molecular formula is C17H22N2OS. The van der Waals surface area contributed by atoms with Crippen molar-refractivity contribution in [1.82, 2.24) is 10.6 Å². The number of allylic oxidation sites excluding steroid dienone is 1. The first kappa shape index (κ1) is 17.1. The fourth-order valence-corrected chi connectivity index (χ4v) is 1.84. The molecule has 1 aromatic rings. The lowest BCUT2D eigenvalue weighted by Crippen LogP contribution is -2.44. The quantitative estimate of drug-likeness (QED) is 0.415. The van der Waals surface area contributed by atoms with E-state index in [0.717, 1.165) is 42.1 Å². The summed E-state index contributed by atoms with van der Waals surface area (Å²) in [5.74, 6) is 1.48. The Bertz CT molecular complexity index is 505. The number of rotatable bonds is 9. The molecule has 0 spiro atoms. The zero-order chi connectivity index (χ0) is 15.5. The van der Waals surface area contributed by atoms with Crippen LogP contribution in [0.3, 0.4) is 0 Å². The van der Waals surface area contributed by atoms with E-state index in [1.807, 2.05) is 19.1 Å². The summed E-state index contributed by atoms with van der Waals surface area (Å²) in [6.07, 6.45) is 3.96. The summed E-state index contributed by atoms with van der Waals surface area (Å²) in [5, 5.41) is 7.30. The zero-order valence-corrected chi connectivity index (χ0v) is 13.4. The first-order valence-corrected chi connectivity index (χ1v) is 7.86. The summed E-state index contributed by atoms with van der Waals surface area (Å²) < 4.78 is 5.90. The molecule has 1 unspecified atom stereocenters. The molecule has 1 atom stereocenters. The predicted molar refractivity (Wildman–Crippen MR) is 90.0 cm³/mol. The number of nitrogens with one attached hydrogen (secondary N) is 2. The molecule has 0 aliphatic rings. The van der Waals surface area contributed by atoms with E-state index < -0.39 is 0 Å². The second-order valence-electron chi connectivity index (χ2n) is 4.39. The Morgan fingerprint density at radius 3 is 2.95 bits per heavy atom. The van der Waals surface area contributed by atoms with Gasteiger partial charge in [0, 0.05) is 6.07 Å². The van der Waals surface area contributed by atoms with Gasteiger partial charge in [-0.1, -0.05) is 43.2 Å². The molecule has 0 amide bonds. The third kappa shape index (κ3) is 6.37. The van der Waals surface area contributed by atoms with E-state index in [0.29, 0.717) is 5.03 Å². The third-order valence-corrected chi connectivity index (χ3v) is 3.16. The maximum absolute atomic E-state index is 5.90. The fraction of sp³-hybridized carbons (Fsp3) is 0.353. The Kier molecular flexibility index (Phi) is 8.08. The molecule has 0 heterocycles. The van der Waals surface area contributed by atoms with Crippen LogP contribution in [0.5, 0.6) is 5.75 Å². The molecule has 1 rings (SSSR count). The normalized spacial score (nSPS) is 12.1. The molecule has 0 fully saturated rings. The minimum absolute atomic E-state index is 0.172. The monoisotopic (exact) mass is 302 g/mol. The van der Waals surface area contributed by atoms with E-state index >= 15 is 0 Å². The molecule has 0 saturated heterocycles. The number of ether oxygens (including phenoxy) is 1. The van der Waals surface area contributed by atoms with Crippen LogP contribution in [-0.4, -0.2) is 12.7 Å². The largest absolute Gasteiger partial charge is 0.458 e. The highest BCUT2D eigenvalue weighted by Crippen LogP contribution is 2.14. The lowest BCUT2D eigenvalue weighted by Gasteiger charge is -2.23. The lowest BCUT2D eigenvalue weighted by atomic mass is 10.3. The molecule has 0 saturated carbocycles. The molecule has 1 aromatic carbocycles. The summed E-state index contributed by atoms with van der Waals surface area (Å²) in [7, 11) is 0. The zero-order valence-electron chi connectivity index (χ0n) is 12.6. The topological polar surface area (TPSA) is 33.3 Å². The van der Waals surface area contributed by atoms with Crippen LogP contribution in [-0.2, 0) is 0 Å². The molecule has 4 heteroatoms. The van der Waals surface area contributed by atoms with Crippen molar-refractivity contribution in [3.63, 3.8) is 0 Å². The molecule has 0 bridgehead atoms. The van der Waals surface area contributed by atoms with Gasteiger partial charge in [-0.2, -0.15) is 0 Å². The molecule has 0 aliphatic heterocycles. The first-order valence-electron chi connectivity index (χ1n) is 6.98.